The summed E-state index contributed by atoms with van der Waals surface area (Å²) >= 11 is 0. The second-order valence-corrected chi connectivity index (χ2v) is 10.1. The zero-order chi connectivity index (χ0) is 27.4. The van der Waals surface area contributed by atoms with Gasteiger partial charge in [-0.2, -0.15) is 0 Å². The van der Waals surface area contributed by atoms with E-state index in [0.717, 1.165) is 22.5 Å². The van der Waals surface area contributed by atoms with E-state index >= 15 is 0 Å². The molecular weight excluding hydrogens is 492 g/mol. The van der Waals surface area contributed by atoms with Crippen molar-refractivity contribution in [2.75, 3.05) is 25.2 Å². The minimum Gasteiger partial charge on any atom is -0.482 e. The van der Waals surface area contributed by atoms with Crippen LogP contribution in [0.15, 0.2) is 84.9 Å². The number of methoxy groups -OCH3 is 1. The van der Waals surface area contributed by atoms with Crippen molar-refractivity contribution in [3.63, 3.8) is 0 Å². The Labute approximate surface area is 229 Å². The molecule has 7 heteroatoms. The zero-order valence-corrected chi connectivity index (χ0v) is 22.3. The predicted molar refractivity (Wildman–Crippen MR) is 150 cm³/mol. The molecule has 0 fully saturated rings. The van der Waals surface area contributed by atoms with Crippen LogP contribution in [0.5, 0.6) is 5.75 Å². The highest BCUT2D eigenvalue weighted by Gasteiger charge is 2.29. The Bertz CT molecular complexity index is 1350. The summed E-state index contributed by atoms with van der Waals surface area (Å²) in [5, 5.41) is 9.89. The van der Waals surface area contributed by atoms with E-state index in [-0.39, 0.29) is 49.5 Å². The minimum absolute atomic E-state index is 0.000724. The summed E-state index contributed by atoms with van der Waals surface area (Å²) < 4.78 is 11.4. The molecule has 0 aromatic heterocycles. The van der Waals surface area contributed by atoms with E-state index in [2.05, 4.69) is 13.0 Å². The number of anilines is 2. The summed E-state index contributed by atoms with van der Waals surface area (Å²) in [6.45, 7) is 2.53. The van der Waals surface area contributed by atoms with Crippen LogP contribution in [-0.4, -0.2) is 48.2 Å². The Morgan fingerprint density at radius 2 is 1.79 bits per heavy atom. The van der Waals surface area contributed by atoms with Crippen LogP contribution in [0, 0.1) is 5.92 Å². The van der Waals surface area contributed by atoms with E-state index in [9.17, 15) is 14.7 Å². The van der Waals surface area contributed by atoms with Crippen molar-refractivity contribution in [3.05, 3.63) is 102 Å². The number of ether oxygens (including phenoxy) is 2. The minimum atomic E-state index is -0.217. The van der Waals surface area contributed by atoms with Gasteiger partial charge in [0.15, 0.2) is 6.61 Å². The molecule has 39 heavy (non-hydrogen) atoms. The van der Waals surface area contributed by atoms with E-state index in [1.165, 1.54) is 5.56 Å². The lowest BCUT2D eigenvalue weighted by Gasteiger charge is -2.36. The Kier molecular flexibility index (Phi) is 8.10. The largest absolute Gasteiger partial charge is 0.482 e. The van der Waals surface area contributed by atoms with Crippen LogP contribution in [0.4, 0.5) is 11.4 Å². The highest BCUT2D eigenvalue weighted by molar-refractivity contribution is 6.04. The van der Waals surface area contributed by atoms with Crippen LogP contribution in [0.1, 0.15) is 36.1 Å². The van der Waals surface area contributed by atoms with Crippen LogP contribution in [0.2, 0.25) is 0 Å². The van der Waals surface area contributed by atoms with Gasteiger partial charge in [-0.25, -0.2) is 0 Å². The van der Waals surface area contributed by atoms with Crippen molar-refractivity contribution in [1.29, 1.82) is 0 Å². The first-order valence-electron chi connectivity index (χ1n) is 13.3. The van der Waals surface area contributed by atoms with Crippen molar-refractivity contribution in [1.82, 2.24) is 4.90 Å². The molecule has 3 atom stereocenters. The Balaban J connectivity index is 1.24. The fraction of sp³-hybridized carbons (Fsp3) is 0.312. The number of hydrogen-bond acceptors (Lipinski definition) is 5. The molecule has 0 spiro atoms. The first kappa shape index (κ1) is 26.7. The summed E-state index contributed by atoms with van der Waals surface area (Å²) in [5.41, 5.74) is 4.81. The third kappa shape index (κ3) is 5.60. The van der Waals surface area contributed by atoms with Gasteiger partial charge in [0.2, 0.25) is 5.91 Å². The molecule has 1 N–H and O–H groups in total. The number of amides is 2. The fourth-order valence-corrected chi connectivity index (χ4v) is 5.50. The smallest absolute Gasteiger partial charge is 0.269 e. The second kappa shape index (κ2) is 11.8. The molecule has 3 aromatic rings. The average Bonchev–Trinajstić information content (AvgIpc) is 2.97. The molecule has 2 heterocycles. The maximum Gasteiger partial charge on any atom is 0.269 e. The third-order valence-electron chi connectivity index (χ3n) is 7.54. The first-order valence-corrected chi connectivity index (χ1v) is 13.3. The highest BCUT2D eigenvalue weighted by atomic mass is 16.5. The summed E-state index contributed by atoms with van der Waals surface area (Å²) in [4.78, 5) is 29.2. The molecule has 3 aromatic carbocycles. The van der Waals surface area contributed by atoms with Gasteiger partial charge in [-0.1, -0.05) is 67.6 Å². The Hall–Kier alpha value is -3.94. The molecule has 5 rings (SSSR count). The van der Waals surface area contributed by atoms with Crippen molar-refractivity contribution in [2.24, 2.45) is 5.92 Å². The molecule has 2 aliphatic rings. The number of benzene rings is 3. The van der Waals surface area contributed by atoms with E-state index in [4.69, 9.17) is 9.47 Å². The van der Waals surface area contributed by atoms with Gasteiger partial charge in [0.25, 0.3) is 5.91 Å². The van der Waals surface area contributed by atoms with E-state index in [1.54, 1.807) is 16.9 Å². The van der Waals surface area contributed by atoms with E-state index in [1.807, 2.05) is 78.9 Å². The van der Waals surface area contributed by atoms with Crippen LogP contribution in [0.25, 0.3) is 0 Å². The molecule has 7 nitrogen and oxygen atoms in total. The average molecular weight is 527 g/mol. The molecule has 0 saturated heterocycles. The first-order chi connectivity index (χ1) is 19.0. The number of carbonyl (C=O) groups is 2. The second-order valence-electron chi connectivity index (χ2n) is 10.1. The number of aliphatic hydroxyl groups is 1. The van der Waals surface area contributed by atoms with Crippen molar-refractivity contribution in [2.45, 2.75) is 38.5 Å². The van der Waals surface area contributed by atoms with Crippen molar-refractivity contribution < 1.29 is 24.2 Å². The van der Waals surface area contributed by atoms with Crippen LogP contribution in [-0.2, 0) is 27.3 Å². The number of rotatable bonds is 8. The number of para-hydroxylation sites is 2. The summed E-state index contributed by atoms with van der Waals surface area (Å²) in [6, 6.07) is 23.2. The fourth-order valence-electron chi connectivity index (χ4n) is 5.50. The van der Waals surface area contributed by atoms with E-state index < -0.39 is 0 Å². The lowest BCUT2D eigenvalue weighted by molar-refractivity contribution is -0.134. The van der Waals surface area contributed by atoms with Crippen molar-refractivity contribution >= 4 is 23.2 Å². The van der Waals surface area contributed by atoms with Gasteiger partial charge in [-0.15, -0.1) is 0 Å². The molecule has 0 radical (unpaired) electrons. The molecule has 2 amide bonds. The summed E-state index contributed by atoms with van der Waals surface area (Å²) in [7, 11) is 1.67. The maximum absolute atomic E-state index is 13.1. The lowest BCUT2D eigenvalue weighted by atomic mass is 9.93. The van der Waals surface area contributed by atoms with Gasteiger partial charge in [0.1, 0.15) is 5.75 Å². The monoisotopic (exact) mass is 526 g/mol. The van der Waals surface area contributed by atoms with Gasteiger partial charge < -0.3 is 19.5 Å². The van der Waals surface area contributed by atoms with E-state index in [0.29, 0.717) is 18.7 Å². The lowest BCUT2D eigenvalue weighted by Crippen LogP contribution is -2.46. The highest BCUT2D eigenvalue weighted by Crippen LogP contribution is 2.37. The number of fused-ring (bicyclic) bond motifs is 2. The van der Waals surface area contributed by atoms with Gasteiger partial charge in [-0.05, 0) is 47.4 Å². The molecule has 0 aliphatic carbocycles. The van der Waals surface area contributed by atoms with Crippen LogP contribution < -0.4 is 9.64 Å². The van der Waals surface area contributed by atoms with Gasteiger partial charge in [0, 0.05) is 31.7 Å². The summed E-state index contributed by atoms with van der Waals surface area (Å²) in [5.74, 6) is 0.575. The number of hydrogen-bond donors (Lipinski definition) is 1. The zero-order valence-electron chi connectivity index (χ0n) is 22.3. The molecule has 0 bridgehead atoms. The maximum atomic E-state index is 13.1. The standard InChI is InChI=1S/C32H34N2O5/c1-22(8-7-13-30(36)33-19-25-10-4-3-9-24(25)18-27(33)20-35)32(38-2)23-14-16-26(17-15-23)34-28-11-5-6-12-29(28)39-21-31(34)37/h3-12,14-17,22,27,32,35H,13,18-21H2,1-2H3/b8-7+/t22-,27+,32+/m1/s1. The molecular formula is C32H34N2O5. The topological polar surface area (TPSA) is 79.3 Å². The molecule has 0 saturated carbocycles. The predicted octanol–water partition coefficient (Wildman–Crippen LogP) is 4.96. The van der Waals surface area contributed by atoms with Gasteiger partial charge >= 0.3 is 0 Å². The molecule has 202 valence electrons. The van der Waals surface area contributed by atoms with Crippen molar-refractivity contribution in [3.8, 4) is 5.75 Å². The Morgan fingerprint density at radius 3 is 2.54 bits per heavy atom. The number of nitrogens with zero attached hydrogens (tertiary/aromatic N) is 2. The van der Waals surface area contributed by atoms with Gasteiger partial charge in [0.05, 0.1) is 24.4 Å². The van der Waals surface area contributed by atoms with Crippen LogP contribution in [0.3, 0.4) is 0 Å². The molecule has 0 unspecified atom stereocenters. The number of carbonyl (C=O) groups excluding carboxylic acids is 2. The quantitative estimate of drug-likeness (QED) is 0.420. The SMILES string of the molecule is CO[C@H](c1ccc(N2C(=O)COc3ccccc32)cc1)[C@H](C)/C=C/CC(=O)N1Cc2ccccc2C[C@H]1CO. The summed E-state index contributed by atoms with van der Waals surface area (Å²) in [6.07, 6.45) is 4.61. The Morgan fingerprint density at radius 1 is 1.08 bits per heavy atom. The van der Waals surface area contributed by atoms with Crippen LogP contribution >= 0.6 is 0 Å². The normalized spacial score (nSPS) is 18.3. The molecule has 2 aliphatic heterocycles. The van der Waals surface area contributed by atoms with Gasteiger partial charge in [-0.3, -0.25) is 14.5 Å². The third-order valence-corrected chi connectivity index (χ3v) is 7.54. The number of aliphatic hydroxyl groups excluding tert-OH is 1.